The summed E-state index contributed by atoms with van der Waals surface area (Å²) in [5, 5.41) is 3.07. The molecule has 0 aliphatic heterocycles. The molecule has 30 heavy (non-hydrogen) atoms. The highest BCUT2D eigenvalue weighted by Gasteiger charge is 2.11. The normalized spacial score (nSPS) is 11.8. The Balaban J connectivity index is 1.81. The Labute approximate surface area is 174 Å². The Hall–Kier alpha value is -3.25. The molecule has 6 heteroatoms. The summed E-state index contributed by atoms with van der Waals surface area (Å²) < 4.78 is 33.0. The van der Waals surface area contributed by atoms with Crippen molar-refractivity contribution in [2.75, 3.05) is 0 Å². The van der Waals surface area contributed by atoms with Gasteiger partial charge in [0.25, 0.3) is 0 Å². The van der Waals surface area contributed by atoms with Crippen molar-refractivity contribution in [2.24, 2.45) is 5.73 Å². The van der Waals surface area contributed by atoms with E-state index in [2.05, 4.69) is 5.32 Å². The number of benzene rings is 3. The Kier molecular flexibility index (Phi) is 7.14. The van der Waals surface area contributed by atoms with Gasteiger partial charge >= 0.3 is 0 Å². The van der Waals surface area contributed by atoms with Crippen molar-refractivity contribution in [3.8, 4) is 5.75 Å². The van der Waals surface area contributed by atoms with Crippen LogP contribution in [0.3, 0.4) is 0 Å². The van der Waals surface area contributed by atoms with Crippen LogP contribution in [0.15, 0.2) is 66.7 Å². The van der Waals surface area contributed by atoms with Crippen molar-refractivity contribution in [2.45, 2.75) is 32.5 Å². The van der Waals surface area contributed by atoms with Gasteiger partial charge in [0.2, 0.25) is 5.91 Å². The predicted molar refractivity (Wildman–Crippen MR) is 112 cm³/mol. The van der Waals surface area contributed by atoms with E-state index in [4.69, 9.17) is 10.5 Å². The van der Waals surface area contributed by atoms with E-state index in [1.807, 2.05) is 24.3 Å². The SMILES string of the molecule is C[C@H](NCc1ccc(OCc2cccc(F)c2)c(Cc2cccc(F)c2)c1)C(N)=O. The van der Waals surface area contributed by atoms with Crippen LogP contribution in [0.2, 0.25) is 0 Å². The van der Waals surface area contributed by atoms with Crippen LogP contribution >= 0.6 is 0 Å². The first-order valence-electron chi connectivity index (χ1n) is 9.67. The van der Waals surface area contributed by atoms with Gasteiger partial charge in [0.15, 0.2) is 0 Å². The average Bonchev–Trinajstić information content (AvgIpc) is 2.71. The summed E-state index contributed by atoms with van der Waals surface area (Å²) in [6.45, 7) is 2.36. The van der Waals surface area contributed by atoms with Gasteiger partial charge < -0.3 is 15.8 Å². The molecule has 3 N–H and O–H groups in total. The summed E-state index contributed by atoms with van der Waals surface area (Å²) in [5.41, 5.74) is 8.62. The van der Waals surface area contributed by atoms with Gasteiger partial charge in [0.05, 0.1) is 6.04 Å². The summed E-state index contributed by atoms with van der Waals surface area (Å²) >= 11 is 0. The monoisotopic (exact) mass is 410 g/mol. The highest BCUT2D eigenvalue weighted by molar-refractivity contribution is 5.79. The molecule has 0 unspecified atom stereocenters. The molecule has 1 atom stereocenters. The van der Waals surface area contributed by atoms with Crippen molar-refractivity contribution < 1.29 is 18.3 Å². The zero-order chi connectivity index (χ0) is 21.5. The molecule has 0 spiro atoms. The van der Waals surface area contributed by atoms with Crippen LogP contribution in [-0.4, -0.2) is 11.9 Å². The Bertz CT molecular complexity index is 1020. The molecule has 0 fully saturated rings. The molecule has 0 saturated heterocycles. The highest BCUT2D eigenvalue weighted by atomic mass is 19.1. The molecule has 3 aromatic rings. The van der Waals surface area contributed by atoms with Gasteiger partial charge in [0.1, 0.15) is 24.0 Å². The number of primary amides is 1. The number of nitrogens with one attached hydrogen (secondary N) is 1. The number of carbonyl (C=O) groups is 1. The first kappa shape index (κ1) is 21.5. The van der Waals surface area contributed by atoms with Crippen LogP contribution in [0.5, 0.6) is 5.75 Å². The summed E-state index contributed by atoms with van der Waals surface area (Å²) in [6.07, 6.45) is 0.468. The smallest absolute Gasteiger partial charge is 0.234 e. The summed E-state index contributed by atoms with van der Waals surface area (Å²) in [6, 6.07) is 17.8. The Morgan fingerprint density at radius 3 is 2.30 bits per heavy atom. The third kappa shape index (κ3) is 6.12. The standard InChI is InChI=1S/C24H24F2N2O2/c1-16(24(27)29)28-14-18-8-9-23(30-15-19-5-3-7-22(26)13-19)20(11-18)10-17-4-2-6-21(25)12-17/h2-9,11-13,16,28H,10,14-15H2,1H3,(H2,27,29)/t16-/m0/s1. The lowest BCUT2D eigenvalue weighted by atomic mass is 10.0. The molecule has 0 aliphatic rings. The lowest BCUT2D eigenvalue weighted by Crippen LogP contribution is -2.38. The van der Waals surface area contributed by atoms with E-state index in [0.717, 1.165) is 16.7 Å². The lowest BCUT2D eigenvalue weighted by molar-refractivity contribution is -0.119. The Morgan fingerprint density at radius 2 is 1.63 bits per heavy atom. The van der Waals surface area contributed by atoms with Gasteiger partial charge in [-0.3, -0.25) is 4.79 Å². The van der Waals surface area contributed by atoms with Gasteiger partial charge in [-0.05, 0) is 59.5 Å². The van der Waals surface area contributed by atoms with E-state index in [1.165, 1.54) is 24.3 Å². The maximum absolute atomic E-state index is 13.6. The zero-order valence-corrected chi connectivity index (χ0v) is 16.7. The predicted octanol–water partition coefficient (Wildman–Crippen LogP) is 4.10. The van der Waals surface area contributed by atoms with Gasteiger partial charge in [-0.25, -0.2) is 8.78 Å². The molecule has 1 amide bonds. The molecule has 0 radical (unpaired) electrons. The number of halogens is 2. The minimum absolute atomic E-state index is 0.213. The number of hydrogen-bond acceptors (Lipinski definition) is 3. The quantitative estimate of drug-likeness (QED) is 0.558. The number of nitrogens with two attached hydrogens (primary N) is 1. The molecule has 0 saturated carbocycles. The van der Waals surface area contributed by atoms with Gasteiger partial charge in [-0.1, -0.05) is 36.4 Å². The third-order valence-electron chi connectivity index (χ3n) is 4.73. The molecule has 0 heterocycles. The average molecular weight is 410 g/mol. The zero-order valence-electron chi connectivity index (χ0n) is 16.7. The topological polar surface area (TPSA) is 64.3 Å². The van der Waals surface area contributed by atoms with Gasteiger partial charge in [-0.2, -0.15) is 0 Å². The molecule has 3 rings (SSSR count). The number of amides is 1. The maximum atomic E-state index is 13.6. The third-order valence-corrected chi connectivity index (χ3v) is 4.73. The molecule has 0 bridgehead atoms. The fourth-order valence-electron chi connectivity index (χ4n) is 3.05. The molecule has 0 aliphatic carbocycles. The summed E-state index contributed by atoms with van der Waals surface area (Å²) in [5.74, 6) is -0.413. The summed E-state index contributed by atoms with van der Waals surface area (Å²) in [7, 11) is 0. The van der Waals surface area contributed by atoms with Crippen LogP contribution in [0, 0.1) is 11.6 Å². The maximum Gasteiger partial charge on any atom is 0.234 e. The number of hydrogen-bond donors (Lipinski definition) is 2. The minimum Gasteiger partial charge on any atom is -0.489 e. The second-order valence-electron chi connectivity index (χ2n) is 7.17. The second-order valence-corrected chi connectivity index (χ2v) is 7.17. The minimum atomic E-state index is -0.458. The van der Waals surface area contributed by atoms with Crippen LogP contribution in [0.4, 0.5) is 8.78 Å². The van der Waals surface area contributed by atoms with E-state index in [0.29, 0.717) is 24.3 Å². The van der Waals surface area contributed by atoms with Crippen LogP contribution in [0.25, 0.3) is 0 Å². The van der Waals surface area contributed by atoms with E-state index in [1.54, 1.807) is 25.1 Å². The van der Waals surface area contributed by atoms with Crippen LogP contribution < -0.4 is 15.8 Å². The molecule has 0 aromatic heterocycles. The fourth-order valence-corrected chi connectivity index (χ4v) is 3.05. The highest BCUT2D eigenvalue weighted by Crippen LogP contribution is 2.25. The van der Waals surface area contributed by atoms with Crippen molar-refractivity contribution >= 4 is 5.91 Å². The molecule has 4 nitrogen and oxygen atoms in total. The first-order valence-corrected chi connectivity index (χ1v) is 9.67. The fraction of sp³-hybridized carbons (Fsp3) is 0.208. The van der Waals surface area contributed by atoms with Crippen molar-refractivity contribution in [1.82, 2.24) is 5.32 Å². The van der Waals surface area contributed by atoms with Gasteiger partial charge in [0, 0.05) is 13.0 Å². The molecule has 3 aromatic carbocycles. The largest absolute Gasteiger partial charge is 0.489 e. The number of rotatable bonds is 9. The van der Waals surface area contributed by atoms with Gasteiger partial charge in [-0.15, -0.1) is 0 Å². The van der Waals surface area contributed by atoms with E-state index in [-0.39, 0.29) is 18.2 Å². The first-order chi connectivity index (χ1) is 14.4. The van der Waals surface area contributed by atoms with E-state index < -0.39 is 11.9 Å². The van der Waals surface area contributed by atoms with E-state index in [9.17, 15) is 13.6 Å². The van der Waals surface area contributed by atoms with Crippen LogP contribution in [0.1, 0.15) is 29.2 Å². The van der Waals surface area contributed by atoms with Crippen molar-refractivity contribution in [3.05, 3.63) is 101 Å². The van der Waals surface area contributed by atoms with Crippen LogP contribution in [-0.2, 0) is 24.4 Å². The Morgan fingerprint density at radius 1 is 0.967 bits per heavy atom. The lowest BCUT2D eigenvalue weighted by Gasteiger charge is -2.15. The number of ether oxygens (including phenoxy) is 1. The second kappa shape index (κ2) is 9.98. The molecule has 156 valence electrons. The van der Waals surface area contributed by atoms with E-state index >= 15 is 0 Å². The number of carbonyl (C=O) groups excluding carboxylic acids is 1. The summed E-state index contributed by atoms with van der Waals surface area (Å²) in [4.78, 5) is 11.2. The van der Waals surface area contributed by atoms with Crippen molar-refractivity contribution in [1.29, 1.82) is 0 Å². The molecular formula is C24H24F2N2O2. The molecular weight excluding hydrogens is 386 g/mol. The van der Waals surface area contributed by atoms with Crippen molar-refractivity contribution in [3.63, 3.8) is 0 Å².